The smallest absolute Gasteiger partial charge is 0.270 e. The Morgan fingerprint density at radius 1 is 1.22 bits per heavy atom. The molecule has 1 unspecified atom stereocenters. The Bertz CT molecular complexity index is 684. The van der Waals surface area contributed by atoms with Gasteiger partial charge in [0, 0.05) is 18.7 Å². The predicted octanol–water partition coefficient (Wildman–Crippen LogP) is 3.23. The predicted molar refractivity (Wildman–Crippen MR) is 92.5 cm³/mol. The van der Waals surface area contributed by atoms with E-state index in [1.54, 1.807) is 13.0 Å². The van der Waals surface area contributed by atoms with Gasteiger partial charge in [-0.2, -0.15) is 0 Å². The van der Waals surface area contributed by atoms with Gasteiger partial charge in [-0.1, -0.05) is 31.2 Å². The number of hydrogen-bond donors (Lipinski definition) is 2. The Morgan fingerprint density at radius 3 is 2.65 bits per heavy atom. The Morgan fingerprint density at radius 2 is 1.96 bits per heavy atom. The molecule has 2 aromatic rings. The summed E-state index contributed by atoms with van der Waals surface area (Å²) < 4.78 is 0. The molecule has 1 amide bonds. The van der Waals surface area contributed by atoms with Crippen LogP contribution in [0.25, 0.3) is 0 Å². The second-order valence-corrected chi connectivity index (χ2v) is 5.75. The van der Waals surface area contributed by atoms with Gasteiger partial charge in [0.15, 0.2) is 0 Å². The second kappa shape index (κ2) is 7.72. The molecule has 23 heavy (non-hydrogen) atoms. The molecule has 1 aromatic heterocycles. The molecule has 122 valence electrons. The van der Waals surface area contributed by atoms with Crippen molar-refractivity contribution in [2.75, 3.05) is 5.32 Å². The third-order valence-electron chi connectivity index (χ3n) is 3.78. The van der Waals surface area contributed by atoms with Gasteiger partial charge in [0.25, 0.3) is 5.91 Å². The van der Waals surface area contributed by atoms with Crippen molar-refractivity contribution in [3.05, 3.63) is 53.0 Å². The van der Waals surface area contributed by atoms with Crippen molar-refractivity contribution >= 4 is 11.7 Å². The van der Waals surface area contributed by atoms with Gasteiger partial charge in [0.1, 0.15) is 17.3 Å². The SMILES string of the molecule is CCC(C)NC(=O)c1cc(NCc2ccccc2C)nc(C)n1. The number of nitrogens with zero attached hydrogens (tertiary/aromatic N) is 2. The zero-order chi connectivity index (χ0) is 16.8. The van der Waals surface area contributed by atoms with E-state index in [9.17, 15) is 4.79 Å². The van der Waals surface area contributed by atoms with Gasteiger partial charge < -0.3 is 10.6 Å². The third-order valence-corrected chi connectivity index (χ3v) is 3.78. The van der Waals surface area contributed by atoms with Crippen LogP contribution in [0.3, 0.4) is 0 Å². The van der Waals surface area contributed by atoms with Gasteiger partial charge in [-0.15, -0.1) is 0 Å². The van der Waals surface area contributed by atoms with Crippen molar-refractivity contribution in [3.8, 4) is 0 Å². The van der Waals surface area contributed by atoms with Crippen LogP contribution in [0.5, 0.6) is 0 Å². The largest absolute Gasteiger partial charge is 0.366 e. The fourth-order valence-corrected chi connectivity index (χ4v) is 2.17. The molecule has 0 bridgehead atoms. The first kappa shape index (κ1) is 16.9. The van der Waals surface area contributed by atoms with Crippen LogP contribution in [-0.4, -0.2) is 21.9 Å². The highest BCUT2D eigenvalue weighted by atomic mass is 16.1. The molecule has 0 saturated carbocycles. The number of aromatic nitrogens is 2. The minimum atomic E-state index is -0.163. The Kier molecular flexibility index (Phi) is 5.68. The van der Waals surface area contributed by atoms with Crippen LogP contribution in [0.1, 0.15) is 47.7 Å². The molecule has 0 spiro atoms. The first-order chi connectivity index (χ1) is 11.0. The number of aryl methyl sites for hydroxylation is 2. The molecule has 0 aliphatic heterocycles. The minimum Gasteiger partial charge on any atom is -0.366 e. The fraction of sp³-hybridized carbons (Fsp3) is 0.389. The lowest BCUT2D eigenvalue weighted by molar-refractivity contribution is 0.0934. The van der Waals surface area contributed by atoms with Crippen molar-refractivity contribution in [3.63, 3.8) is 0 Å². The molecule has 0 radical (unpaired) electrons. The van der Waals surface area contributed by atoms with E-state index in [0.29, 0.717) is 23.9 Å². The second-order valence-electron chi connectivity index (χ2n) is 5.75. The molecule has 2 rings (SSSR count). The van der Waals surface area contributed by atoms with E-state index >= 15 is 0 Å². The van der Waals surface area contributed by atoms with Crippen LogP contribution in [0.2, 0.25) is 0 Å². The first-order valence-corrected chi connectivity index (χ1v) is 7.94. The number of amides is 1. The van der Waals surface area contributed by atoms with Gasteiger partial charge in [-0.25, -0.2) is 9.97 Å². The highest BCUT2D eigenvalue weighted by Crippen LogP contribution is 2.12. The maximum Gasteiger partial charge on any atom is 0.270 e. The summed E-state index contributed by atoms with van der Waals surface area (Å²) in [6.07, 6.45) is 0.883. The van der Waals surface area contributed by atoms with E-state index in [2.05, 4.69) is 39.7 Å². The summed E-state index contributed by atoms with van der Waals surface area (Å²) in [6, 6.07) is 10.0. The zero-order valence-electron chi connectivity index (χ0n) is 14.2. The maximum absolute atomic E-state index is 12.2. The van der Waals surface area contributed by atoms with Crippen molar-refractivity contribution in [2.24, 2.45) is 0 Å². The Labute approximate surface area is 137 Å². The quantitative estimate of drug-likeness (QED) is 0.859. The summed E-state index contributed by atoms with van der Waals surface area (Å²) in [5.41, 5.74) is 2.82. The molecule has 2 N–H and O–H groups in total. The number of carbonyl (C=O) groups excluding carboxylic acids is 1. The Balaban J connectivity index is 2.11. The summed E-state index contributed by atoms with van der Waals surface area (Å²) in [7, 11) is 0. The van der Waals surface area contributed by atoms with E-state index in [-0.39, 0.29) is 11.9 Å². The highest BCUT2D eigenvalue weighted by Gasteiger charge is 2.12. The molecule has 1 aromatic carbocycles. The summed E-state index contributed by atoms with van der Waals surface area (Å²) >= 11 is 0. The third kappa shape index (κ3) is 4.77. The molecule has 1 atom stereocenters. The number of carbonyl (C=O) groups is 1. The zero-order valence-corrected chi connectivity index (χ0v) is 14.2. The molecule has 1 heterocycles. The van der Waals surface area contributed by atoms with E-state index < -0.39 is 0 Å². The minimum absolute atomic E-state index is 0.126. The number of anilines is 1. The molecule has 0 saturated heterocycles. The van der Waals surface area contributed by atoms with Crippen LogP contribution < -0.4 is 10.6 Å². The van der Waals surface area contributed by atoms with Crippen molar-refractivity contribution in [2.45, 2.75) is 46.7 Å². The van der Waals surface area contributed by atoms with Gasteiger partial charge in [-0.3, -0.25) is 4.79 Å². The number of rotatable bonds is 6. The van der Waals surface area contributed by atoms with Crippen LogP contribution in [0.4, 0.5) is 5.82 Å². The molecule has 5 heteroatoms. The lowest BCUT2D eigenvalue weighted by Gasteiger charge is -2.13. The fourth-order valence-electron chi connectivity index (χ4n) is 2.17. The van der Waals surface area contributed by atoms with Crippen LogP contribution in [0, 0.1) is 13.8 Å². The van der Waals surface area contributed by atoms with Gasteiger partial charge >= 0.3 is 0 Å². The molecular formula is C18H24N4O. The summed E-state index contributed by atoms with van der Waals surface area (Å²) in [5.74, 6) is 1.08. The van der Waals surface area contributed by atoms with Crippen LogP contribution >= 0.6 is 0 Å². The van der Waals surface area contributed by atoms with Crippen molar-refractivity contribution in [1.82, 2.24) is 15.3 Å². The molecule has 5 nitrogen and oxygen atoms in total. The van der Waals surface area contributed by atoms with E-state index in [1.165, 1.54) is 11.1 Å². The number of hydrogen-bond acceptors (Lipinski definition) is 4. The van der Waals surface area contributed by atoms with Gasteiger partial charge in [-0.05, 0) is 38.3 Å². The lowest BCUT2D eigenvalue weighted by Crippen LogP contribution is -2.32. The van der Waals surface area contributed by atoms with Crippen LogP contribution in [0.15, 0.2) is 30.3 Å². The van der Waals surface area contributed by atoms with Crippen molar-refractivity contribution in [1.29, 1.82) is 0 Å². The highest BCUT2D eigenvalue weighted by molar-refractivity contribution is 5.93. The average Bonchev–Trinajstić information content (AvgIpc) is 2.53. The van der Waals surface area contributed by atoms with E-state index in [0.717, 1.165) is 6.42 Å². The molecule has 0 aliphatic rings. The lowest BCUT2D eigenvalue weighted by atomic mass is 10.1. The maximum atomic E-state index is 12.2. The normalized spacial score (nSPS) is 11.8. The standard InChI is InChI=1S/C18H24N4O/c1-5-13(3)20-18(23)16-10-17(22-14(4)21-16)19-11-15-9-7-6-8-12(15)2/h6-10,13H,5,11H2,1-4H3,(H,20,23)(H,19,21,22). The summed E-state index contributed by atoms with van der Waals surface area (Å²) in [6.45, 7) is 8.54. The average molecular weight is 312 g/mol. The summed E-state index contributed by atoms with van der Waals surface area (Å²) in [4.78, 5) is 20.8. The topological polar surface area (TPSA) is 66.9 Å². The van der Waals surface area contributed by atoms with E-state index in [4.69, 9.17) is 0 Å². The van der Waals surface area contributed by atoms with E-state index in [1.807, 2.05) is 26.0 Å². The molecule has 0 fully saturated rings. The summed E-state index contributed by atoms with van der Waals surface area (Å²) in [5, 5.41) is 6.20. The van der Waals surface area contributed by atoms with Crippen LogP contribution in [-0.2, 0) is 6.54 Å². The van der Waals surface area contributed by atoms with Crippen molar-refractivity contribution < 1.29 is 4.79 Å². The van der Waals surface area contributed by atoms with Gasteiger partial charge in [0.05, 0.1) is 0 Å². The number of benzene rings is 1. The Hall–Kier alpha value is -2.43. The van der Waals surface area contributed by atoms with Gasteiger partial charge in [0.2, 0.25) is 0 Å². The first-order valence-electron chi connectivity index (χ1n) is 7.94. The molecule has 0 aliphatic carbocycles. The number of nitrogens with one attached hydrogen (secondary N) is 2. The monoisotopic (exact) mass is 312 g/mol. The molecular weight excluding hydrogens is 288 g/mol.